The van der Waals surface area contributed by atoms with Crippen LogP contribution in [-0.4, -0.2) is 26.2 Å². The molecule has 22 heavy (non-hydrogen) atoms. The zero-order valence-electron chi connectivity index (χ0n) is 12.2. The molecular formula is C15H20ClN5O. The normalized spacial score (nSPS) is 16.0. The Morgan fingerprint density at radius 3 is 2.82 bits per heavy atom. The van der Waals surface area contributed by atoms with Gasteiger partial charge >= 0.3 is 0 Å². The standard InChI is InChI=1S/C15H19N5O.ClH/c16-15(6-1-2-7-15)14(21)18-9-12-4-3-5-13(8-12)20-11-17-10-19-20;/h3-5,8,10-11H,1-2,6-7,9,16H2,(H,18,21);1H. The Morgan fingerprint density at radius 2 is 2.14 bits per heavy atom. The maximum absolute atomic E-state index is 12.2. The Hall–Kier alpha value is -1.92. The van der Waals surface area contributed by atoms with E-state index in [9.17, 15) is 4.79 Å². The summed E-state index contributed by atoms with van der Waals surface area (Å²) in [6.45, 7) is 0.473. The fourth-order valence-corrected chi connectivity index (χ4v) is 2.74. The van der Waals surface area contributed by atoms with E-state index in [0.717, 1.165) is 36.9 Å². The molecule has 3 N–H and O–H groups in total. The molecule has 1 amide bonds. The molecule has 0 radical (unpaired) electrons. The third-order valence-corrected chi connectivity index (χ3v) is 3.99. The van der Waals surface area contributed by atoms with E-state index in [2.05, 4.69) is 15.4 Å². The summed E-state index contributed by atoms with van der Waals surface area (Å²) in [7, 11) is 0. The van der Waals surface area contributed by atoms with E-state index in [1.165, 1.54) is 6.33 Å². The van der Waals surface area contributed by atoms with Crippen molar-refractivity contribution in [1.29, 1.82) is 0 Å². The number of benzene rings is 1. The molecular weight excluding hydrogens is 302 g/mol. The number of aromatic nitrogens is 3. The Kier molecular flexibility index (Phi) is 5.15. The highest BCUT2D eigenvalue weighted by atomic mass is 35.5. The van der Waals surface area contributed by atoms with Gasteiger partial charge < -0.3 is 11.1 Å². The highest BCUT2D eigenvalue weighted by Gasteiger charge is 2.36. The average Bonchev–Trinajstić information content (AvgIpc) is 3.17. The number of nitrogens with zero attached hydrogens (tertiary/aromatic N) is 3. The van der Waals surface area contributed by atoms with Crippen molar-refractivity contribution in [3.8, 4) is 5.69 Å². The molecule has 7 heteroatoms. The number of nitrogens with one attached hydrogen (secondary N) is 1. The number of amides is 1. The third kappa shape index (κ3) is 3.45. The van der Waals surface area contributed by atoms with Crippen LogP contribution in [0.15, 0.2) is 36.9 Å². The molecule has 1 aromatic carbocycles. The predicted octanol–water partition coefficient (Wildman–Crippen LogP) is 1.58. The van der Waals surface area contributed by atoms with Crippen LogP contribution in [0.1, 0.15) is 31.2 Å². The van der Waals surface area contributed by atoms with Gasteiger partial charge in [-0.1, -0.05) is 25.0 Å². The van der Waals surface area contributed by atoms with Gasteiger partial charge in [0.25, 0.3) is 0 Å². The molecule has 1 heterocycles. The molecule has 1 saturated carbocycles. The van der Waals surface area contributed by atoms with E-state index in [4.69, 9.17) is 5.73 Å². The summed E-state index contributed by atoms with van der Waals surface area (Å²) in [5.74, 6) is -0.0499. The van der Waals surface area contributed by atoms with Crippen LogP contribution >= 0.6 is 12.4 Å². The average molecular weight is 322 g/mol. The zero-order chi connectivity index (χ0) is 14.7. The molecule has 0 atom stereocenters. The molecule has 0 saturated heterocycles. The quantitative estimate of drug-likeness (QED) is 0.895. The summed E-state index contributed by atoms with van der Waals surface area (Å²) in [5, 5.41) is 7.04. The molecule has 1 aliphatic rings. The minimum absolute atomic E-state index is 0. The number of nitrogens with two attached hydrogens (primary N) is 1. The predicted molar refractivity (Wildman–Crippen MR) is 85.8 cm³/mol. The molecule has 0 aliphatic heterocycles. The number of halogens is 1. The second kappa shape index (κ2) is 6.89. The van der Waals surface area contributed by atoms with Gasteiger partial charge in [0.05, 0.1) is 11.2 Å². The first-order chi connectivity index (χ1) is 10.2. The van der Waals surface area contributed by atoms with Gasteiger partial charge in [-0.25, -0.2) is 9.67 Å². The minimum Gasteiger partial charge on any atom is -0.350 e. The number of carbonyl (C=O) groups is 1. The van der Waals surface area contributed by atoms with Crippen LogP contribution in [-0.2, 0) is 11.3 Å². The van der Waals surface area contributed by atoms with Gasteiger partial charge in [0.2, 0.25) is 5.91 Å². The van der Waals surface area contributed by atoms with Gasteiger partial charge in [-0.05, 0) is 30.5 Å². The maximum Gasteiger partial charge on any atom is 0.240 e. The van der Waals surface area contributed by atoms with Crippen LogP contribution in [0.25, 0.3) is 5.69 Å². The zero-order valence-corrected chi connectivity index (χ0v) is 13.1. The lowest BCUT2D eigenvalue weighted by molar-refractivity contribution is -0.126. The summed E-state index contributed by atoms with van der Waals surface area (Å²) in [6.07, 6.45) is 6.75. The van der Waals surface area contributed by atoms with Crippen LogP contribution in [0.2, 0.25) is 0 Å². The first-order valence-corrected chi connectivity index (χ1v) is 7.18. The van der Waals surface area contributed by atoms with Crippen LogP contribution in [0.5, 0.6) is 0 Å². The highest BCUT2D eigenvalue weighted by molar-refractivity contribution is 5.86. The lowest BCUT2D eigenvalue weighted by Crippen LogP contribution is -2.51. The van der Waals surface area contributed by atoms with Crippen molar-refractivity contribution in [1.82, 2.24) is 20.1 Å². The Bertz CT molecular complexity index is 623. The SMILES string of the molecule is Cl.NC1(C(=O)NCc2cccc(-n3cncn3)c2)CCCC1. The van der Waals surface area contributed by atoms with Gasteiger partial charge in [0, 0.05) is 6.54 Å². The van der Waals surface area contributed by atoms with Crippen molar-refractivity contribution in [2.45, 2.75) is 37.8 Å². The number of hydrogen-bond donors (Lipinski definition) is 2. The second-order valence-corrected chi connectivity index (χ2v) is 5.56. The van der Waals surface area contributed by atoms with E-state index >= 15 is 0 Å². The Labute approximate surface area is 135 Å². The number of rotatable bonds is 4. The lowest BCUT2D eigenvalue weighted by Gasteiger charge is -2.22. The van der Waals surface area contributed by atoms with Crippen molar-refractivity contribution in [2.75, 3.05) is 0 Å². The molecule has 0 spiro atoms. The summed E-state index contributed by atoms with van der Waals surface area (Å²) in [4.78, 5) is 16.1. The molecule has 1 fully saturated rings. The van der Waals surface area contributed by atoms with Crippen LogP contribution in [0.4, 0.5) is 0 Å². The van der Waals surface area contributed by atoms with Gasteiger partial charge in [-0.2, -0.15) is 5.10 Å². The van der Waals surface area contributed by atoms with Gasteiger partial charge in [-0.15, -0.1) is 12.4 Å². The Balaban J connectivity index is 0.00000176. The molecule has 1 aromatic heterocycles. The molecule has 1 aliphatic carbocycles. The van der Waals surface area contributed by atoms with Crippen molar-refractivity contribution < 1.29 is 4.79 Å². The van der Waals surface area contributed by atoms with Gasteiger partial charge in [0.15, 0.2) is 0 Å². The summed E-state index contributed by atoms with van der Waals surface area (Å²) >= 11 is 0. The fraction of sp³-hybridized carbons (Fsp3) is 0.400. The molecule has 118 valence electrons. The fourth-order valence-electron chi connectivity index (χ4n) is 2.74. The second-order valence-electron chi connectivity index (χ2n) is 5.56. The molecule has 2 aromatic rings. The van der Waals surface area contributed by atoms with Crippen molar-refractivity contribution >= 4 is 18.3 Å². The number of hydrogen-bond acceptors (Lipinski definition) is 4. The van der Waals surface area contributed by atoms with Crippen LogP contribution in [0.3, 0.4) is 0 Å². The highest BCUT2D eigenvalue weighted by Crippen LogP contribution is 2.27. The van der Waals surface area contributed by atoms with E-state index < -0.39 is 5.54 Å². The maximum atomic E-state index is 12.2. The summed E-state index contributed by atoms with van der Waals surface area (Å²) < 4.78 is 1.69. The number of carbonyl (C=O) groups excluding carboxylic acids is 1. The summed E-state index contributed by atoms with van der Waals surface area (Å²) in [5.41, 5.74) is 7.39. The van der Waals surface area contributed by atoms with Crippen molar-refractivity contribution in [3.63, 3.8) is 0 Å². The molecule has 6 nitrogen and oxygen atoms in total. The topological polar surface area (TPSA) is 85.8 Å². The Morgan fingerprint density at radius 1 is 1.36 bits per heavy atom. The third-order valence-electron chi connectivity index (χ3n) is 3.99. The van der Waals surface area contributed by atoms with E-state index in [1.807, 2.05) is 24.3 Å². The van der Waals surface area contributed by atoms with Crippen LogP contribution < -0.4 is 11.1 Å². The van der Waals surface area contributed by atoms with E-state index in [-0.39, 0.29) is 18.3 Å². The molecule has 3 rings (SSSR count). The first-order valence-electron chi connectivity index (χ1n) is 7.18. The van der Waals surface area contributed by atoms with E-state index in [0.29, 0.717) is 6.54 Å². The lowest BCUT2D eigenvalue weighted by atomic mass is 9.98. The first kappa shape index (κ1) is 16.5. The van der Waals surface area contributed by atoms with Gasteiger partial charge in [0.1, 0.15) is 12.7 Å². The molecule has 0 bridgehead atoms. The van der Waals surface area contributed by atoms with Crippen molar-refractivity contribution in [2.24, 2.45) is 5.73 Å². The smallest absolute Gasteiger partial charge is 0.240 e. The summed E-state index contributed by atoms with van der Waals surface area (Å²) in [6, 6.07) is 7.83. The monoisotopic (exact) mass is 321 g/mol. The van der Waals surface area contributed by atoms with Gasteiger partial charge in [-0.3, -0.25) is 4.79 Å². The molecule has 0 unspecified atom stereocenters. The van der Waals surface area contributed by atoms with Crippen LogP contribution in [0, 0.1) is 0 Å². The minimum atomic E-state index is -0.677. The largest absolute Gasteiger partial charge is 0.350 e. The van der Waals surface area contributed by atoms with Crippen molar-refractivity contribution in [3.05, 3.63) is 42.5 Å². The van der Waals surface area contributed by atoms with E-state index in [1.54, 1.807) is 11.0 Å².